The number of nitrogens with zero attached hydrogens (tertiary/aromatic N) is 1. The lowest BCUT2D eigenvalue weighted by Crippen LogP contribution is -2.27. The third-order valence-electron chi connectivity index (χ3n) is 3.63. The Morgan fingerprint density at radius 3 is 2.86 bits per heavy atom. The third-order valence-corrected chi connectivity index (χ3v) is 3.63. The van der Waals surface area contributed by atoms with E-state index in [1.54, 1.807) is 18.4 Å². The first-order valence-corrected chi connectivity index (χ1v) is 6.96. The molecule has 0 atom stereocenters. The molecule has 0 radical (unpaired) electrons. The first kappa shape index (κ1) is 13.5. The van der Waals surface area contributed by atoms with Crippen LogP contribution >= 0.6 is 0 Å². The van der Waals surface area contributed by atoms with Gasteiger partial charge in [-0.15, -0.1) is 0 Å². The van der Waals surface area contributed by atoms with Crippen LogP contribution in [0.25, 0.3) is 0 Å². The highest BCUT2D eigenvalue weighted by atomic mass is 16.5. The molecular formula is C16H18N2O3. The van der Waals surface area contributed by atoms with Crippen molar-refractivity contribution in [3.63, 3.8) is 0 Å². The minimum absolute atomic E-state index is 0.373. The second-order valence-corrected chi connectivity index (χ2v) is 5.21. The van der Waals surface area contributed by atoms with Gasteiger partial charge >= 0.3 is 5.97 Å². The van der Waals surface area contributed by atoms with Gasteiger partial charge in [-0.25, -0.2) is 4.79 Å². The Morgan fingerprint density at radius 1 is 1.43 bits per heavy atom. The lowest BCUT2D eigenvalue weighted by Gasteiger charge is -2.25. The molecule has 2 aromatic rings. The number of anilines is 2. The van der Waals surface area contributed by atoms with Gasteiger partial charge in [0.25, 0.3) is 0 Å². The van der Waals surface area contributed by atoms with Crippen LogP contribution in [0, 0.1) is 0 Å². The molecule has 0 unspecified atom stereocenters. The topological polar surface area (TPSA) is 68.7 Å². The van der Waals surface area contributed by atoms with Crippen molar-refractivity contribution in [2.24, 2.45) is 0 Å². The monoisotopic (exact) mass is 286 g/mol. The lowest BCUT2D eigenvalue weighted by atomic mass is 10.1. The van der Waals surface area contributed by atoms with Crippen LogP contribution in [0.15, 0.2) is 41.0 Å². The second kappa shape index (κ2) is 5.52. The van der Waals surface area contributed by atoms with Crippen LogP contribution in [-0.4, -0.2) is 19.1 Å². The van der Waals surface area contributed by atoms with E-state index < -0.39 is 0 Å². The predicted molar refractivity (Wildman–Crippen MR) is 80.1 cm³/mol. The van der Waals surface area contributed by atoms with Gasteiger partial charge in [0.15, 0.2) is 0 Å². The molecule has 1 aromatic heterocycles. The van der Waals surface area contributed by atoms with Crippen molar-refractivity contribution in [3.8, 4) is 0 Å². The number of hydrogen-bond acceptors (Lipinski definition) is 5. The number of ether oxygens (including phenoxy) is 1. The van der Waals surface area contributed by atoms with E-state index in [1.165, 1.54) is 7.11 Å². The first-order valence-electron chi connectivity index (χ1n) is 6.96. The summed E-state index contributed by atoms with van der Waals surface area (Å²) in [6, 6.07) is 9.58. The van der Waals surface area contributed by atoms with Crippen molar-refractivity contribution in [1.29, 1.82) is 0 Å². The van der Waals surface area contributed by atoms with E-state index in [4.69, 9.17) is 14.9 Å². The number of hydrogen-bond donors (Lipinski definition) is 1. The smallest absolute Gasteiger partial charge is 0.340 e. The van der Waals surface area contributed by atoms with Gasteiger partial charge in [0, 0.05) is 11.7 Å². The quantitative estimate of drug-likeness (QED) is 0.676. The van der Waals surface area contributed by atoms with Gasteiger partial charge in [-0.2, -0.15) is 0 Å². The van der Waals surface area contributed by atoms with E-state index in [0.717, 1.165) is 24.3 Å². The average Bonchev–Trinajstić information content (AvgIpc) is 3.21. The van der Waals surface area contributed by atoms with Crippen molar-refractivity contribution in [2.45, 2.75) is 25.4 Å². The summed E-state index contributed by atoms with van der Waals surface area (Å²) in [6.07, 6.45) is 3.89. The Kier molecular flexibility index (Phi) is 3.56. The van der Waals surface area contributed by atoms with Crippen LogP contribution in [0.3, 0.4) is 0 Å². The molecule has 110 valence electrons. The summed E-state index contributed by atoms with van der Waals surface area (Å²) in [5.41, 5.74) is 7.69. The summed E-state index contributed by atoms with van der Waals surface area (Å²) in [7, 11) is 1.38. The summed E-state index contributed by atoms with van der Waals surface area (Å²) in [6.45, 7) is 0.631. The van der Waals surface area contributed by atoms with Crippen LogP contribution in [0.5, 0.6) is 0 Å². The van der Waals surface area contributed by atoms with E-state index >= 15 is 0 Å². The number of esters is 1. The number of carbonyl (C=O) groups excluding carboxylic acids is 1. The van der Waals surface area contributed by atoms with Gasteiger partial charge in [-0.1, -0.05) is 0 Å². The maximum Gasteiger partial charge on any atom is 0.340 e. The van der Waals surface area contributed by atoms with Crippen LogP contribution < -0.4 is 10.6 Å². The molecule has 2 N–H and O–H groups in total. The van der Waals surface area contributed by atoms with Gasteiger partial charge in [0.1, 0.15) is 5.76 Å². The summed E-state index contributed by atoms with van der Waals surface area (Å²) < 4.78 is 10.3. The highest BCUT2D eigenvalue weighted by molar-refractivity contribution is 5.97. The molecule has 5 nitrogen and oxygen atoms in total. The zero-order valence-electron chi connectivity index (χ0n) is 11.9. The van der Waals surface area contributed by atoms with E-state index in [9.17, 15) is 4.79 Å². The molecule has 1 aliphatic rings. The number of benzene rings is 1. The van der Waals surface area contributed by atoms with Crippen molar-refractivity contribution in [1.82, 2.24) is 0 Å². The average molecular weight is 286 g/mol. The fourth-order valence-corrected chi connectivity index (χ4v) is 2.45. The van der Waals surface area contributed by atoms with Crippen molar-refractivity contribution in [2.75, 3.05) is 17.7 Å². The maximum absolute atomic E-state index is 12.0. The summed E-state index contributed by atoms with van der Waals surface area (Å²) in [4.78, 5) is 14.2. The number of nitrogens with two attached hydrogens (primary N) is 1. The number of furan rings is 1. The third kappa shape index (κ3) is 2.86. The minimum atomic E-state index is -0.373. The minimum Gasteiger partial charge on any atom is -0.467 e. The van der Waals surface area contributed by atoms with Gasteiger partial charge in [-0.3, -0.25) is 0 Å². The standard InChI is InChI=1S/C16H18N2O3/c1-20-16(19)14-9-11(17)4-7-15(14)18(12-5-6-12)10-13-3-2-8-21-13/h2-4,7-9,12H,5-6,10,17H2,1H3. The van der Waals surface area contributed by atoms with E-state index in [2.05, 4.69) is 4.90 Å². The zero-order valence-corrected chi connectivity index (χ0v) is 11.9. The van der Waals surface area contributed by atoms with Gasteiger partial charge in [0.2, 0.25) is 0 Å². The summed E-state index contributed by atoms with van der Waals surface area (Å²) in [5.74, 6) is 0.497. The van der Waals surface area contributed by atoms with E-state index in [1.807, 2.05) is 18.2 Å². The van der Waals surface area contributed by atoms with Crippen LogP contribution in [0.2, 0.25) is 0 Å². The lowest BCUT2D eigenvalue weighted by molar-refractivity contribution is 0.0601. The first-order chi connectivity index (χ1) is 10.2. The van der Waals surface area contributed by atoms with E-state index in [0.29, 0.717) is 23.8 Å². The largest absolute Gasteiger partial charge is 0.467 e. The van der Waals surface area contributed by atoms with Gasteiger partial charge in [-0.05, 0) is 43.2 Å². The highest BCUT2D eigenvalue weighted by Gasteiger charge is 2.32. The second-order valence-electron chi connectivity index (χ2n) is 5.21. The molecule has 21 heavy (non-hydrogen) atoms. The molecule has 5 heteroatoms. The molecule has 0 aliphatic heterocycles. The fraction of sp³-hybridized carbons (Fsp3) is 0.312. The van der Waals surface area contributed by atoms with Crippen molar-refractivity contribution >= 4 is 17.3 Å². The highest BCUT2D eigenvalue weighted by Crippen LogP contribution is 2.36. The Morgan fingerprint density at radius 2 is 2.24 bits per heavy atom. The summed E-state index contributed by atoms with van der Waals surface area (Å²) in [5, 5.41) is 0. The zero-order chi connectivity index (χ0) is 14.8. The molecule has 1 fully saturated rings. The van der Waals surface area contributed by atoms with Crippen LogP contribution in [-0.2, 0) is 11.3 Å². The van der Waals surface area contributed by atoms with Crippen molar-refractivity contribution < 1.29 is 13.9 Å². The molecule has 1 aromatic carbocycles. The molecule has 0 spiro atoms. The molecule has 1 aliphatic carbocycles. The van der Waals surface area contributed by atoms with Gasteiger partial charge in [0.05, 0.1) is 31.2 Å². The Labute approximate surface area is 123 Å². The molecule has 1 saturated carbocycles. The Bertz CT molecular complexity index is 633. The molecule has 0 saturated heterocycles. The molecular weight excluding hydrogens is 268 g/mol. The molecule has 0 bridgehead atoms. The fourth-order valence-electron chi connectivity index (χ4n) is 2.45. The summed E-state index contributed by atoms with van der Waals surface area (Å²) >= 11 is 0. The Balaban J connectivity index is 1.97. The number of carbonyl (C=O) groups is 1. The van der Waals surface area contributed by atoms with Crippen LogP contribution in [0.4, 0.5) is 11.4 Å². The van der Waals surface area contributed by atoms with E-state index in [-0.39, 0.29) is 5.97 Å². The van der Waals surface area contributed by atoms with Crippen LogP contribution in [0.1, 0.15) is 29.0 Å². The van der Waals surface area contributed by atoms with Gasteiger partial charge < -0.3 is 19.8 Å². The Hall–Kier alpha value is -2.43. The number of rotatable bonds is 5. The number of nitrogen functional groups attached to an aromatic ring is 1. The maximum atomic E-state index is 12.0. The van der Waals surface area contributed by atoms with Crippen molar-refractivity contribution in [3.05, 3.63) is 47.9 Å². The molecule has 3 rings (SSSR count). The molecule has 0 amide bonds. The normalized spacial score (nSPS) is 14.0. The predicted octanol–water partition coefficient (Wildman–Crippen LogP) is 2.82. The molecule has 1 heterocycles. The number of methoxy groups -OCH3 is 1. The SMILES string of the molecule is COC(=O)c1cc(N)ccc1N(Cc1ccco1)C1CC1.